The molecule has 1 fully saturated rings. The van der Waals surface area contributed by atoms with E-state index in [0.717, 1.165) is 22.9 Å². The highest BCUT2D eigenvalue weighted by Crippen LogP contribution is 2.40. The number of nitrogens with zero attached hydrogens (tertiary/aromatic N) is 2. The summed E-state index contributed by atoms with van der Waals surface area (Å²) in [6.45, 7) is 2.37. The number of aromatic nitrogens is 1. The number of rotatable bonds is 7. The number of ether oxygens (including phenoxy) is 1. The van der Waals surface area contributed by atoms with Gasteiger partial charge in [0.05, 0.1) is 12.2 Å². The number of carbonyl (C=O) groups is 1. The number of aliphatic hydroxyl groups excluding tert-OH is 1. The highest BCUT2D eigenvalue weighted by atomic mass is 19.1. The normalized spacial score (nSPS) is 19.3. The van der Waals surface area contributed by atoms with Gasteiger partial charge in [0, 0.05) is 31.3 Å². The molecule has 1 N–H and O–H groups in total. The first kappa shape index (κ1) is 22.9. The molecule has 1 aliphatic rings. The minimum absolute atomic E-state index is 0.0200. The predicted octanol–water partition coefficient (Wildman–Crippen LogP) is 5.60. The van der Waals surface area contributed by atoms with Crippen molar-refractivity contribution in [2.45, 2.75) is 37.8 Å². The molecule has 0 bridgehead atoms. The van der Waals surface area contributed by atoms with E-state index in [1.807, 2.05) is 31.2 Å². The third-order valence-electron chi connectivity index (χ3n) is 6.28. The number of benzene rings is 2. The van der Waals surface area contributed by atoms with E-state index in [0.29, 0.717) is 31.4 Å². The molecule has 1 saturated heterocycles. The monoisotopic (exact) mass is 452 g/mol. The van der Waals surface area contributed by atoms with Crippen molar-refractivity contribution in [1.29, 1.82) is 0 Å². The van der Waals surface area contributed by atoms with E-state index in [2.05, 4.69) is 4.98 Å². The van der Waals surface area contributed by atoms with Gasteiger partial charge in [-0.05, 0) is 54.7 Å². The zero-order chi connectivity index (χ0) is 23.4. The fourth-order valence-corrected chi connectivity index (χ4v) is 4.37. The molecule has 2 aromatic carbocycles. The summed E-state index contributed by atoms with van der Waals surface area (Å²) >= 11 is 0. The Morgan fingerprint density at radius 3 is 2.42 bits per heavy atom. The lowest BCUT2D eigenvalue weighted by molar-refractivity contribution is -0.0680. The fraction of sp³-hybridized carbons (Fsp3) is 0.308. The number of hydrogen-bond acceptors (Lipinski definition) is 4. The maximum Gasteiger partial charge on any atom is 0.411 e. The molecule has 172 valence electrons. The van der Waals surface area contributed by atoms with Crippen molar-refractivity contribution < 1.29 is 23.4 Å². The summed E-state index contributed by atoms with van der Waals surface area (Å²) in [7, 11) is 0. The van der Waals surface area contributed by atoms with E-state index >= 15 is 0 Å². The Kier molecular flexibility index (Phi) is 6.70. The van der Waals surface area contributed by atoms with Crippen LogP contribution < -0.4 is 0 Å². The van der Waals surface area contributed by atoms with Gasteiger partial charge in [-0.1, -0.05) is 36.4 Å². The van der Waals surface area contributed by atoms with Gasteiger partial charge >= 0.3 is 6.09 Å². The summed E-state index contributed by atoms with van der Waals surface area (Å²) in [5.41, 5.74) is 2.27. The SMILES string of the molecule is CC(c1ccc(-c2cncc(F)c2)cc1)N1CCC(CCCO)(c2ccc(F)cc2)OC1=O. The van der Waals surface area contributed by atoms with Gasteiger partial charge in [-0.25, -0.2) is 13.6 Å². The highest BCUT2D eigenvalue weighted by molar-refractivity contribution is 5.70. The number of carbonyl (C=O) groups excluding carboxylic acids is 1. The van der Waals surface area contributed by atoms with Crippen molar-refractivity contribution >= 4 is 6.09 Å². The lowest BCUT2D eigenvalue weighted by Crippen LogP contribution is -2.48. The Hall–Kier alpha value is -3.32. The minimum Gasteiger partial charge on any atom is -0.438 e. The van der Waals surface area contributed by atoms with Gasteiger partial charge in [0.2, 0.25) is 0 Å². The van der Waals surface area contributed by atoms with Gasteiger partial charge in [-0.3, -0.25) is 4.98 Å². The lowest BCUT2D eigenvalue weighted by atomic mass is 9.84. The van der Waals surface area contributed by atoms with Gasteiger partial charge in [0.15, 0.2) is 0 Å². The number of cyclic esters (lactones) is 1. The van der Waals surface area contributed by atoms with Crippen LogP contribution in [0.25, 0.3) is 11.1 Å². The molecule has 1 aliphatic heterocycles. The van der Waals surface area contributed by atoms with E-state index in [1.165, 1.54) is 18.2 Å². The topological polar surface area (TPSA) is 62.7 Å². The number of amides is 1. The Bertz CT molecular complexity index is 1110. The first-order valence-corrected chi connectivity index (χ1v) is 11.0. The van der Waals surface area contributed by atoms with Crippen LogP contribution in [-0.4, -0.2) is 34.2 Å². The maximum atomic E-state index is 13.5. The molecule has 0 spiro atoms. The van der Waals surface area contributed by atoms with E-state index in [1.54, 1.807) is 23.2 Å². The summed E-state index contributed by atoms with van der Waals surface area (Å²) in [6, 6.07) is 14.7. The van der Waals surface area contributed by atoms with Crippen LogP contribution in [0.3, 0.4) is 0 Å². The molecule has 5 nitrogen and oxygen atoms in total. The van der Waals surface area contributed by atoms with Crippen LogP contribution in [0.15, 0.2) is 67.0 Å². The van der Waals surface area contributed by atoms with Gasteiger partial charge < -0.3 is 14.7 Å². The molecule has 1 aromatic heterocycles. The number of halogens is 2. The van der Waals surface area contributed by atoms with E-state index in [9.17, 15) is 18.7 Å². The first-order valence-electron chi connectivity index (χ1n) is 11.0. The lowest BCUT2D eigenvalue weighted by Gasteiger charge is -2.43. The van der Waals surface area contributed by atoms with Gasteiger partial charge in [-0.2, -0.15) is 0 Å². The van der Waals surface area contributed by atoms with E-state index in [-0.39, 0.29) is 18.5 Å². The third kappa shape index (κ3) is 4.88. The van der Waals surface area contributed by atoms with Crippen LogP contribution >= 0.6 is 0 Å². The van der Waals surface area contributed by atoms with Crippen LogP contribution in [0.5, 0.6) is 0 Å². The van der Waals surface area contributed by atoms with E-state index < -0.39 is 17.5 Å². The highest BCUT2D eigenvalue weighted by Gasteiger charge is 2.43. The smallest absolute Gasteiger partial charge is 0.411 e. The van der Waals surface area contributed by atoms with Gasteiger partial charge in [0.1, 0.15) is 17.2 Å². The second-order valence-electron chi connectivity index (χ2n) is 8.33. The van der Waals surface area contributed by atoms with Crippen molar-refractivity contribution in [2.75, 3.05) is 13.2 Å². The molecule has 33 heavy (non-hydrogen) atoms. The third-order valence-corrected chi connectivity index (χ3v) is 6.28. The Morgan fingerprint density at radius 2 is 1.79 bits per heavy atom. The largest absolute Gasteiger partial charge is 0.438 e. The quantitative estimate of drug-likeness (QED) is 0.507. The second-order valence-corrected chi connectivity index (χ2v) is 8.33. The second kappa shape index (κ2) is 9.67. The Labute approximate surface area is 191 Å². The summed E-state index contributed by atoms with van der Waals surface area (Å²) in [4.78, 5) is 18.6. The van der Waals surface area contributed by atoms with E-state index in [4.69, 9.17) is 4.74 Å². The molecule has 7 heteroatoms. The fourth-order valence-electron chi connectivity index (χ4n) is 4.37. The molecule has 0 saturated carbocycles. The molecular weight excluding hydrogens is 426 g/mol. The molecule has 2 atom stereocenters. The minimum atomic E-state index is -0.891. The van der Waals surface area contributed by atoms with Crippen molar-refractivity contribution in [1.82, 2.24) is 9.88 Å². The van der Waals surface area contributed by atoms with Crippen LogP contribution in [-0.2, 0) is 10.3 Å². The molecular formula is C26H26F2N2O3. The van der Waals surface area contributed by atoms with Crippen LogP contribution in [0.2, 0.25) is 0 Å². The van der Waals surface area contributed by atoms with Crippen molar-refractivity contribution in [2.24, 2.45) is 0 Å². The maximum absolute atomic E-state index is 13.5. The molecule has 3 aromatic rings. The summed E-state index contributed by atoms with van der Waals surface area (Å²) in [6.07, 6.45) is 3.77. The average molecular weight is 453 g/mol. The molecule has 2 unspecified atom stereocenters. The predicted molar refractivity (Wildman–Crippen MR) is 120 cm³/mol. The summed E-state index contributed by atoms with van der Waals surface area (Å²) in [5.74, 6) is -0.752. The Balaban J connectivity index is 1.51. The number of aliphatic hydroxyl groups is 1. The molecule has 1 amide bonds. The zero-order valence-electron chi connectivity index (χ0n) is 18.4. The molecule has 4 rings (SSSR count). The number of pyridine rings is 1. The van der Waals surface area contributed by atoms with Gasteiger partial charge in [-0.15, -0.1) is 0 Å². The zero-order valence-corrected chi connectivity index (χ0v) is 18.4. The first-order chi connectivity index (χ1) is 15.9. The van der Waals surface area contributed by atoms with Crippen molar-refractivity contribution in [3.05, 3.63) is 89.8 Å². The van der Waals surface area contributed by atoms with Crippen molar-refractivity contribution in [3.63, 3.8) is 0 Å². The van der Waals surface area contributed by atoms with Crippen LogP contribution in [0, 0.1) is 11.6 Å². The molecule has 0 radical (unpaired) electrons. The van der Waals surface area contributed by atoms with Crippen molar-refractivity contribution in [3.8, 4) is 11.1 Å². The Morgan fingerprint density at radius 1 is 1.06 bits per heavy atom. The molecule has 2 heterocycles. The van der Waals surface area contributed by atoms with Crippen LogP contribution in [0.4, 0.5) is 13.6 Å². The number of hydrogen-bond donors (Lipinski definition) is 1. The standard InChI is InChI=1S/C26H26F2N2O3/c1-18(19-3-5-20(6-4-19)21-15-24(28)17-29-16-21)30-13-12-26(11-2-14-31,33-25(30)32)22-7-9-23(27)10-8-22/h3-10,15-18,31H,2,11-14H2,1H3. The van der Waals surface area contributed by atoms with Gasteiger partial charge in [0.25, 0.3) is 0 Å². The average Bonchev–Trinajstić information content (AvgIpc) is 2.83. The van der Waals surface area contributed by atoms with Crippen LogP contribution in [0.1, 0.15) is 43.4 Å². The summed E-state index contributed by atoms with van der Waals surface area (Å²) < 4.78 is 32.9. The molecule has 0 aliphatic carbocycles. The summed E-state index contributed by atoms with van der Waals surface area (Å²) in [5, 5.41) is 9.34.